The van der Waals surface area contributed by atoms with E-state index in [4.69, 9.17) is 4.98 Å². The van der Waals surface area contributed by atoms with Crippen LogP contribution in [0.1, 0.15) is 43.4 Å². The van der Waals surface area contributed by atoms with Crippen LogP contribution in [-0.2, 0) is 24.9 Å². The van der Waals surface area contributed by atoms with Gasteiger partial charge in [-0.1, -0.05) is 39.0 Å². The standard InChI is InChI=1S/C20H24N4/c1-20(2,3)19-22-10-14-8-9-24(13-18(14)23-19)12-15-11-21-17-7-5-4-6-16(15)17/h4-7,10-11,21H,8-9,12-13H2,1-3H3. The molecule has 4 rings (SSSR count). The fourth-order valence-corrected chi connectivity index (χ4v) is 3.36. The number of H-pyrrole nitrogens is 1. The van der Waals surface area contributed by atoms with Crippen molar-refractivity contribution >= 4 is 10.9 Å². The molecular weight excluding hydrogens is 296 g/mol. The number of hydrogen-bond acceptors (Lipinski definition) is 3. The second-order valence-electron chi connectivity index (χ2n) is 7.74. The minimum Gasteiger partial charge on any atom is -0.361 e. The van der Waals surface area contributed by atoms with E-state index >= 15 is 0 Å². The Kier molecular flexibility index (Phi) is 3.65. The van der Waals surface area contributed by atoms with E-state index in [1.807, 2.05) is 6.20 Å². The van der Waals surface area contributed by atoms with Crippen molar-refractivity contribution in [3.63, 3.8) is 0 Å². The molecule has 0 saturated carbocycles. The first-order valence-electron chi connectivity index (χ1n) is 8.63. The van der Waals surface area contributed by atoms with Gasteiger partial charge in [-0.15, -0.1) is 0 Å². The molecule has 4 heteroatoms. The van der Waals surface area contributed by atoms with Gasteiger partial charge in [0.05, 0.1) is 5.69 Å². The van der Waals surface area contributed by atoms with Gasteiger partial charge in [-0.25, -0.2) is 9.97 Å². The largest absolute Gasteiger partial charge is 0.361 e. The molecule has 0 radical (unpaired) electrons. The number of benzene rings is 1. The molecule has 2 aromatic heterocycles. The zero-order chi connectivity index (χ0) is 16.7. The van der Waals surface area contributed by atoms with E-state index in [0.717, 1.165) is 31.9 Å². The van der Waals surface area contributed by atoms with E-state index in [9.17, 15) is 0 Å². The summed E-state index contributed by atoms with van der Waals surface area (Å²) in [5.74, 6) is 0.940. The first-order valence-corrected chi connectivity index (χ1v) is 8.63. The van der Waals surface area contributed by atoms with Gasteiger partial charge in [0.15, 0.2) is 0 Å². The molecule has 1 N–H and O–H groups in total. The van der Waals surface area contributed by atoms with Gasteiger partial charge in [0.25, 0.3) is 0 Å². The van der Waals surface area contributed by atoms with E-state index in [-0.39, 0.29) is 5.41 Å². The molecule has 1 aromatic carbocycles. The molecule has 1 aliphatic heterocycles. The molecule has 24 heavy (non-hydrogen) atoms. The topological polar surface area (TPSA) is 44.8 Å². The van der Waals surface area contributed by atoms with Gasteiger partial charge < -0.3 is 4.98 Å². The van der Waals surface area contributed by atoms with Crippen LogP contribution in [0.5, 0.6) is 0 Å². The first kappa shape index (κ1) is 15.3. The highest BCUT2D eigenvalue weighted by Gasteiger charge is 2.23. The van der Waals surface area contributed by atoms with E-state index < -0.39 is 0 Å². The second-order valence-corrected chi connectivity index (χ2v) is 7.74. The van der Waals surface area contributed by atoms with Crippen LogP contribution in [0.3, 0.4) is 0 Å². The van der Waals surface area contributed by atoms with Crippen LogP contribution in [0.2, 0.25) is 0 Å². The lowest BCUT2D eigenvalue weighted by molar-refractivity contribution is 0.241. The molecule has 4 nitrogen and oxygen atoms in total. The highest BCUT2D eigenvalue weighted by molar-refractivity contribution is 5.82. The molecule has 0 saturated heterocycles. The SMILES string of the molecule is CC(C)(C)c1ncc2c(n1)CN(Cc1c[nH]c3ccccc13)CC2. The summed E-state index contributed by atoms with van der Waals surface area (Å²) >= 11 is 0. The molecule has 0 spiro atoms. The molecule has 0 bridgehead atoms. The quantitative estimate of drug-likeness (QED) is 0.781. The van der Waals surface area contributed by atoms with Crippen molar-refractivity contribution in [1.82, 2.24) is 19.9 Å². The maximum absolute atomic E-state index is 4.87. The van der Waals surface area contributed by atoms with Crippen LogP contribution in [0.4, 0.5) is 0 Å². The van der Waals surface area contributed by atoms with Crippen molar-refractivity contribution in [2.75, 3.05) is 6.54 Å². The maximum atomic E-state index is 4.87. The van der Waals surface area contributed by atoms with Gasteiger partial charge in [-0.3, -0.25) is 4.90 Å². The van der Waals surface area contributed by atoms with Gasteiger partial charge in [0.1, 0.15) is 5.82 Å². The zero-order valence-electron chi connectivity index (χ0n) is 14.6. The lowest BCUT2D eigenvalue weighted by Gasteiger charge is -2.29. The summed E-state index contributed by atoms with van der Waals surface area (Å²) in [6.45, 7) is 9.42. The molecule has 0 atom stereocenters. The number of rotatable bonds is 2. The molecule has 3 aromatic rings. The molecule has 0 amide bonds. The van der Waals surface area contributed by atoms with Gasteiger partial charge in [0, 0.05) is 48.3 Å². The summed E-state index contributed by atoms with van der Waals surface area (Å²) in [5, 5.41) is 1.32. The van der Waals surface area contributed by atoms with Gasteiger partial charge in [0.2, 0.25) is 0 Å². The van der Waals surface area contributed by atoms with E-state index in [0.29, 0.717) is 0 Å². The molecule has 124 valence electrons. The summed E-state index contributed by atoms with van der Waals surface area (Å²) in [7, 11) is 0. The summed E-state index contributed by atoms with van der Waals surface area (Å²) in [6, 6.07) is 8.50. The third-order valence-electron chi connectivity index (χ3n) is 4.76. The average Bonchev–Trinajstić information content (AvgIpc) is 2.97. The lowest BCUT2D eigenvalue weighted by atomic mass is 9.95. The Balaban J connectivity index is 1.57. The van der Waals surface area contributed by atoms with Crippen molar-refractivity contribution < 1.29 is 0 Å². The smallest absolute Gasteiger partial charge is 0.133 e. The predicted molar refractivity (Wildman–Crippen MR) is 96.8 cm³/mol. The van der Waals surface area contributed by atoms with Crippen LogP contribution < -0.4 is 0 Å². The number of aromatic amines is 1. The van der Waals surface area contributed by atoms with Crippen molar-refractivity contribution in [3.05, 3.63) is 59.3 Å². The van der Waals surface area contributed by atoms with Crippen molar-refractivity contribution in [2.45, 2.75) is 45.7 Å². The number of fused-ring (bicyclic) bond motifs is 2. The number of para-hydroxylation sites is 1. The second kappa shape index (κ2) is 5.71. The van der Waals surface area contributed by atoms with Crippen molar-refractivity contribution in [1.29, 1.82) is 0 Å². The number of aromatic nitrogens is 3. The Hall–Kier alpha value is -2.20. The van der Waals surface area contributed by atoms with Crippen LogP contribution >= 0.6 is 0 Å². The first-order chi connectivity index (χ1) is 11.5. The lowest BCUT2D eigenvalue weighted by Crippen LogP contribution is -2.32. The summed E-state index contributed by atoms with van der Waals surface area (Å²) < 4.78 is 0. The van der Waals surface area contributed by atoms with Crippen LogP contribution in [0.25, 0.3) is 10.9 Å². The van der Waals surface area contributed by atoms with Gasteiger partial charge in [-0.2, -0.15) is 0 Å². The third-order valence-corrected chi connectivity index (χ3v) is 4.76. The maximum Gasteiger partial charge on any atom is 0.133 e. The summed E-state index contributed by atoms with van der Waals surface area (Å²) in [4.78, 5) is 15.3. The van der Waals surface area contributed by atoms with E-state index in [2.05, 4.69) is 66.1 Å². The minimum absolute atomic E-state index is 0.00581. The van der Waals surface area contributed by atoms with Gasteiger partial charge >= 0.3 is 0 Å². The predicted octanol–water partition coefficient (Wildman–Crippen LogP) is 3.81. The highest BCUT2D eigenvalue weighted by Crippen LogP contribution is 2.25. The molecule has 0 fully saturated rings. The average molecular weight is 320 g/mol. The van der Waals surface area contributed by atoms with Crippen molar-refractivity contribution in [3.8, 4) is 0 Å². The number of nitrogens with one attached hydrogen (secondary N) is 1. The Labute approximate surface area is 142 Å². The van der Waals surface area contributed by atoms with Crippen molar-refractivity contribution in [2.24, 2.45) is 0 Å². The molecule has 1 aliphatic rings. The fraction of sp³-hybridized carbons (Fsp3) is 0.400. The normalized spacial score (nSPS) is 15.6. The Morgan fingerprint density at radius 1 is 1.21 bits per heavy atom. The molecule has 3 heterocycles. The molecular formula is C20H24N4. The molecule has 0 aliphatic carbocycles. The Morgan fingerprint density at radius 2 is 2.04 bits per heavy atom. The van der Waals surface area contributed by atoms with Crippen LogP contribution in [-0.4, -0.2) is 26.4 Å². The molecule has 0 unspecified atom stereocenters. The highest BCUT2D eigenvalue weighted by atomic mass is 15.1. The van der Waals surface area contributed by atoms with E-state index in [1.165, 1.54) is 27.7 Å². The third kappa shape index (κ3) is 2.82. The summed E-state index contributed by atoms with van der Waals surface area (Å²) in [6.07, 6.45) is 5.20. The monoisotopic (exact) mass is 320 g/mol. The van der Waals surface area contributed by atoms with Gasteiger partial charge in [-0.05, 0) is 23.6 Å². The van der Waals surface area contributed by atoms with Crippen LogP contribution in [0, 0.1) is 0 Å². The zero-order valence-corrected chi connectivity index (χ0v) is 14.6. The number of hydrogen-bond donors (Lipinski definition) is 1. The Bertz CT molecular complexity index is 873. The van der Waals surface area contributed by atoms with E-state index in [1.54, 1.807) is 0 Å². The Morgan fingerprint density at radius 3 is 2.88 bits per heavy atom. The minimum atomic E-state index is -0.00581. The summed E-state index contributed by atoms with van der Waals surface area (Å²) in [5.41, 5.74) is 5.06. The van der Waals surface area contributed by atoms with Crippen LogP contribution in [0.15, 0.2) is 36.7 Å². The number of nitrogens with zero attached hydrogens (tertiary/aromatic N) is 3. The fourth-order valence-electron chi connectivity index (χ4n) is 3.36.